The summed E-state index contributed by atoms with van der Waals surface area (Å²) in [5.74, 6) is -0.259. The largest absolute Gasteiger partial charge is 0.350 e. The molecular weight excluding hydrogens is 529 g/mol. The Kier molecular flexibility index (Phi) is 7.33. The zero-order valence-corrected chi connectivity index (χ0v) is 22.1. The highest BCUT2D eigenvalue weighted by molar-refractivity contribution is 6.42. The average Bonchev–Trinajstić information content (AvgIpc) is 3.51. The Morgan fingerprint density at radius 3 is 2.35 bits per heavy atom. The maximum Gasteiger partial charge on any atom is 0.271 e. The summed E-state index contributed by atoms with van der Waals surface area (Å²) in [7, 11) is 0. The van der Waals surface area contributed by atoms with Crippen LogP contribution in [-0.2, 0) is 6.42 Å². The number of nitrogens with zero attached hydrogens (tertiary/aromatic N) is 4. The van der Waals surface area contributed by atoms with Gasteiger partial charge in [0.25, 0.3) is 5.91 Å². The third-order valence-electron chi connectivity index (χ3n) is 5.88. The first-order valence-corrected chi connectivity index (χ1v) is 12.7. The zero-order chi connectivity index (χ0) is 25.9. The second-order valence-corrected chi connectivity index (χ2v) is 9.73. The van der Waals surface area contributed by atoms with Crippen LogP contribution in [0.15, 0.2) is 85.1 Å². The normalized spacial score (nSPS) is 11.0. The van der Waals surface area contributed by atoms with Gasteiger partial charge in [0.05, 0.1) is 27.1 Å². The van der Waals surface area contributed by atoms with Crippen molar-refractivity contribution in [3.8, 4) is 22.6 Å². The lowest BCUT2D eigenvalue weighted by Crippen LogP contribution is -2.26. The fourth-order valence-corrected chi connectivity index (χ4v) is 4.44. The Bertz CT molecular complexity index is 1560. The number of hydrogen-bond acceptors (Lipinski definition) is 3. The van der Waals surface area contributed by atoms with Crippen LogP contribution in [-0.4, -0.2) is 32.0 Å². The SMILES string of the molecule is Cc1cc(C(=O)NCCc2cn(-c3ccccc3)nc2-c2ccc(Cl)cc2)nn1-c1ccc(Cl)c(Cl)c1. The fourth-order valence-electron chi connectivity index (χ4n) is 4.02. The van der Waals surface area contributed by atoms with E-state index in [0.29, 0.717) is 33.7 Å². The molecule has 0 fully saturated rings. The topological polar surface area (TPSA) is 64.7 Å². The van der Waals surface area contributed by atoms with Crippen LogP contribution in [0.3, 0.4) is 0 Å². The van der Waals surface area contributed by atoms with Crippen LogP contribution in [0.1, 0.15) is 21.7 Å². The van der Waals surface area contributed by atoms with Gasteiger partial charge in [-0.3, -0.25) is 4.79 Å². The molecule has 0 bridgehead atoms. The molecule has 0 aliphatic rings. The van der Waals surface area contributed by atoms with E-state index in [1.54, 1.807) is 28.9 Å². The third-order valence-corrected chi connectivity index (χ3v) is 6.87. The second-order valence-electron chi connectivity index (χ2n) is 8.48. The van der Waals surface area contributed by atoms with Gasteiger partial charge < -0.3 is 5.32 Å². The zero-order valence-electron chi connectivity index (χ0n) is 19.8. The first-order chi connectivity index (χ1) is 17.9. The van der Waals surface area contributed by atoms with Crippen molar-refractivity contribution in [1.82, 2.24) is 24.9 Å². The molecule has 5 aromatic rings. The lowest BCUT2D eigenvalue weighted by Gasteiger charge is -2.06. The minimum absolute atomic E-state index is 0.259. The van der Waals surface area contributed by atoms with E-state index in [2.05, 4.69) is 10.4 Å². The van der Waals surface area contributed by atoms with Crippen molar-refractivity contribution in [1.29, 1.82) is 0 Å². The van der Waals surface area contributed by atoms with Gasteiger partial charge in [-0.25, -0.2) is 9.36 Å². The van der Waals surface area contributed by atoms with Crippen molar-refractivity contribution < 1.29 is 4.79 Å². The van der Waals surface area contributed by atoms with Crippen LogP contribution in [0.25, 0.3) is 22.6 Å². The van der Waals surface area contributed by atoms with E-state index in [1.165, 1.54) is 0 Å². The molecule has 1 amide bonds. The predicted octanol–water partition coefficient (Wildman–Crippen LogP) is 6.97. The summed E-state index contributed by atoms with van der Waals surface area (Å²) >= 11 is 18.3. The van der Waals surface area contributed by atoms with Gasteiger partial charge in [0.2, 0.25) is 0 Å². The molecule has 0 saturated carbocycles. The highest BCUT2D eigenvalue weighted by atomic mass is 35.5. The minimum Gasteiger partial charge on any atom is -0.350 e. The van der Waals surface area contributed by atoms with E-state index in [4.69, 9.17) is 39.9 Å². The molecular formula is C28H22Cl3N5O. The molecule has 3 aromatic carbocycles. The van der Waals surface area contributed by atoms with Gasteiger partial charge in [-0.15, -0.1) is 0 Å². The molecule has 0 spiro atoms. The van der Waals surface area contributed by atoms with E-state index in [9.17, 15) is 4.79 Å². The number of nitrogens with one attached hydrogen (secondary N) is 1. The highest BCUT2D eigenvalue weighted by Crippen LogP contribution is 2.26. The number of carbonyl (C=O) groups is 1. The summed E-state index contributed by atoms with van der Waals surface area (Å²) in [4.78, 5) is 12.9. The van der Waals surface area contributed by atoms with Gasteiger partial charge in [0.1, 0.15) is 0 Å². The molecule has 0 atom stereocenters. The van der Waals surface area contributed by atoms with Crippen molar-refractivity contribution in [3.63, 3.8) is 0 Å². The monoisotopic (exact) mass is 549 g/mol. The Hall–Kier alpha value is -3.58. The fraction of sp³-hybridized carbons (Fsp3) is 0.107. The van der Waals surface area contributed by atoms with Gasteiger partial charge in [0, 0.05) is 34.6 Å². The average molecular weight is 551 g/mol. The van der Waals surface area contributed by atoms with Crippen LogP contribution in [0.2, 0.25) is 15.1 Å². The van der Waals surface area contributed by atoms with Crippen LogP contribution in [0.4, 0.5) is 0 Å². The Labute approximate surface area is 229 Å². The lowest BCUT2D eigenvalue weighted by molar-refractivity contribution is 0.0948. The van der Waals surface area contributed by atoms with Crippen LogP contribution < -0.4 is 5.32 Å². The van der Waals surface area contributed by atoms with Crippen molar-refractivity contribution in [2.24, 2.45) is 0 Å². The Morgan fingerprint density at radius 1 is 0.865 bits per heavy atom. The summed E-state index contributed by atoms with van der Waals surface area (Å²) < 4.78 is 3.52. The molecule has 2 aromatic heterocycles. The summed E-state index contributed by atoms with van der Waals surface area (Å²) in [6.07, 6.45) is 2.58. The molecule has 0 aliphatic heterocycles. The van der Waals surface area contributed by atoms with Crippen LogP contribution in [0, 0.1) is 6.92 Å². The number of amides is 1. The first kappa shape index (κ1) is 25.1. The van der Waals surface area contributed by atoms with Crippen molar-refractivity contribution >= 4 is 40.7 Å². The van der Waals surface area contributed by atoms with Gasteiger partial charge in [-0.05, 0) is 61.9 Å². The number of aryl methyl sites for hydroxylation is 1. The number of para-hydroxylation sites is 1. The van der Waals surface area contributed by atoms with E-state index in [0.717, 1.165) is 33.9 Å². The number of carbonyl (C=O) groups excluding carboxylic acids is 1. The van der Waals surface area contributed by atoms with E-state index < -0.39 is 0 Å². The molecule has 0 aliphatic carbocycles. The maximum absolute atomic E-state index is 12.9. The molecule has 1 N–H and O–H groups in total. The number of benzene rings is 3. The second kappa shape index (κ2) is 10.8. The van der Waals surface area contributed by atoms with Crippen LogP contribution >= 0.6 is 34.8 Å². The summed E-state index contributed by atoms with van der Waals surface area (Å²) in [5.41, 5.74) is 5.61. The Morgan fingerprint density at radius 2 is 1.62 bits per heavy atom. The number of aromatic nitrogens is 4. The first-order valence-electron chi connectivity index (χ1n) is 11.6. The maximum atomic E-state index is 12.9. The molecule has 0 radical (unpaired) electrons. The molecule has 5 rings (SSSR count). The molecule has 0 saturated heterocycles. The molecule has 2 heterocycles. The quantitative estimate of drug-likeness (QED) is 0.238. The summed E-state index contributed by atoms with van der Waals surface area (Å²) in [6.45, 7) is 2.29. The Balaban J connectivity index is 1.33. The van der Waals surface area contributed by atoms with E-state index in [-0.39, 0.29) is 5.91 Å². The van der Waals surface area contributed by atoms with Crippen LogP contribution in [0.5, 0.6) is 0 Å². The minimum atomic E-state index is -0.259. The third kappa shape index (κ3) is 5.57. The van der Waals surface area contributed by atoms with Gasteiger partial charge in [-0.1, -0.05) is 65.1 Å². The number of hydrogen-bond donors (Lipinski definition) is 1. The molecule has 0 unspecified atom stereocenters. The number of halogens is 3. The van der Waals surface area contributed by atoms with Gasteiger partial charge >= 0.3 is 0 Å². The van der Waals surface area contributed by atoms with Gasteiger partial charge in [0.15, 0.2) is 5.69 Å². The standard InChI is InChI=1S/C28H22Cl3N5O/c1-18-15-26(33-36(18)23-11-12-24(30)25(31)16-23)28(37)32-14-13-20-17-35(22-5-3-2-4-6-22)34-27(20)19-7-9-21(29)10-8-19/h2-12,15-17H,13-14H2,1H3,(H,32,37). The molecule has 6 nitrogen and oxygen atoms in total. The highest BCUT2D eigenvalue weighted by Gasteiger charge is 2.16. The lowest BCUT2D eigenvalue weighted by atomic mass is 10.1. The number of rotatable bonds is 7. The molecule has 186 valence electrons. The van der Waals surface area contributed by atoms with E-state index >= 15 is 0 Å². The van der Waals surface area contributed by atoms with Crippen molar-refractivity contribution in [3.05, 3.63) is 117 Å². The van der Waals surface area contributed by atoms with Gasteiger partial charge in [-0.2, -0.15) is 10.2 Å². The van der Waals surface area contributed by atoms with E-state index in [1.807, 2.05) is 72.4 Å². The summed E-state index contributed by atoms with van der Waals surface area (Å²) in [5, 5.41) is 13.8. The van der Waals surface area contributed by atoms with Crippen molar-refractivity contribution in [2.45, 2.75) is 13.3 Å². The predicted molar refractivity (Wildman–Crippen MR) is 148 cm³/mol. The smallest absolute Gasteiger partial charge is 0.271 e. The van der Waals surface area contributed by atoms with Crippen molar-refractivity contribution in [2.75, 3.05) is 6.54 Å². The molecule has 9 heteroatoms. The molecule has 37 heavy (non-hydrogen) atoms. The summed E-state index contributed by atoms with van der Waals surface area (Å²) in [6, 6.07) is 24.4.